The maximum absolute atomic E-state index is 12.1. The number of morpholine rings is 1. The van der Waals surface area contributed by atoms with Gasteiger partial charge in [-0.1, -0.05) is 29.8 Å². The van der Waals surface area contributed by atoms with Gasteiger partial charge in [-0.05, 0) is 31.9 Å². The number of rotatable bonds is 2. The van der Waals surface area contributed by atoms with E-state index in [4.69, 9.17) is 4.74 Å². The number of piperidine rings is 1. The third kappa shape index (κ3) is 2.86. The SMILES string of the molecule is Cc1cccc(CN2CC3(CCCNC3)OCC2=O)c1. The molecule has 1 atom stereocenters. The van der Waals surface area contributed by atoms with Gasteiger partial charge in [0.15, 0.2) is 0 Å². The second-order valence-electron chi connectivity index (χ2n) is 5.99. The van der Waals surface area contributed by atoms with Gasteiger partial charge in [0.05, 0.1) is 12.1 Å². The van der Waals surface area contributed by atoms with Gasteiger partial charge in [0, 0.05) is 13.1 Å². The first-order chi connectivity index (χ1) is 9.67. The summed E-state index contributed by atoms with van der Waals surface area (Å²) in [5.41, 5.74) is 2.26. The van der Waals surface area contributed by atoms with Crippen molar-refractivity contribution in [2.24, 2.45) is 0 Å². The number of hydrogen-bond acceptors (Lipinski definition) is 3. The van der Waals surface area contributed by atoms with Crippen LogP contribution in [0.15, 0.2) is 24.3 Å². The lowest BCUT2D eigenvalue weighted by atomic mass is 9.91. The molecular weight excluding hydrogens is 252 g/mol. The van der Waals surface area contributed by atoms with Gasteiger partial charge in [0.2, 0.25) is 5.91 Å². The summed E-state index contributed by atoms with van der Waals surface area (Å²) in [5, 5.41) is 3.39. The molecule has 0 radical (unpaired) electrons. The van der Waals surface area contributed by atoms with Gasteiger partial charge in [0.25, 0.3) is 0 Å². The maximum Gasteiger partial charge on any atom is 0.249 e. The predicted molar refractivity (Wildman–Crippen MR) is 77.4 cm³/mol. The molecule has 2 aliphatic rings. The maximum atomic E-state index is 12.1. The molecule has 1 N–H and O–H groups in total. The summed E-state index contributed by atoms with van der Waals surface area (Å²) in [7, 11) is 0. The lowest BCUT2D eigenvalue weighted by molar-refractivity contribution is -0.167. The highest BCUT2D eigenvalue weighted by molar-refractivity contribution is 5.78. The van der Waals surface area contributed by atoms with E-state index in [9.17, 15) is 4.79 Å². The predicted octanol–water partition coefficient (Wildman–Crippen LogP) is 1.48. The average Bonchev–Trinajstić information content (AvgIpc) is 2.44. The van der Waals surface area contributed by atoms with E-state index in [-0.39, 0.29) is 18.1 Å². The van der Waals surface area contributed by atoms with Gasteiger partial charge in [-0.15, -0.1) is 0 Å². The zero-order valence-corrected chi connectivity index (χ0v) is 12.0. The Morgan fingerprint density at radius 1 is 1.45 bits per heavy atom. The summed E-state index contributed by atoms with van der Waals surface area (Å²) < 4.78 is 5.86. The molecule has 2 heterocycles. The molecule has 0 saturated carbocycles. The van der Waals surface area contributed by atoms with Crippen LogP contribution in [-0.4, -0.2) is 42.6 Å². The number of nitrogens with one attached hydrogen (secondary N) is 1. The van der Waals surface area contributed by atoms with Crippen molar-refractivity contribution in [2.75, 3.05) is 26.2 Å². The third-order valence-corrected chi connectivity index (χ3v) is 4.22. The molecule has 0 aromatic heterocycles. The number of carbonyl (C=O) groups excluding carboxylic acids is 1. The molecule has 2 saturated heterocycles. The van der Waals surface area contributed by atoms with E-state index in [0.29, 0.717) is 13.1 Å². The highest BCUT2D eigenvalue weighted by Gasteiger charge is 2.40. The number of amides is 1. The number of nitrogens with zero attached hydrogens (tertiary/aromatic N) is 1. The van der Waals surface area contributed by atoms with Crippen LogP contribution in [0.1, 0.15) is 24.0 Å². The van der Waals surface area contributed by atoms with Crippen molar-refractivity contribution in [1.29, 1.82) is 0 Å². The fraction of sp³-hybridized carbons (Fsp3) is 0.562. The second kappa shape index (κ2) is 5.54. The number of aryl methyl sites for hydroxylation is 1. The molecule has 1 unspecified atom stereocenters. The zero-order valence-electron chi connectivity index (χ0n) is 12.0. The molecule has 1 aromatic carbocycles. The van der Waals surface area contributed by atoms with E-state index in [1.165, 1.54) is 11.1 Å². The minimum atomic E-state index is -0.171. The lowest BCUT2D eigenvalue weighted by Crippen LogP contribution is -2.60. The first-order valence-electron chi connectivity index (χ1n) is 7.35. The molecule has 3 rings (SSSR count). The first kappa shape index (κ1) is 13.6. The van der Waals surface area contributed by atoms with Gasteiger partial charge < -0.3 is 15.0 Å². The van der Waals surface area contributed by atoms with Crippen molar-refractivity contribution in [1.82, 2.24) is 10.2 Å². The third-order valence-electron chi connectivity index (χ3n) is 4.22. The Kier molecular flexibility index (Phi) is 3.76. The molecule has 108 valence electrons. The summed E-state index contributed by atoms with van der Waals surface area (Å²) in [6.07, 6.45) is 2.16. The molecule has 1 aromatic rings. The van der Waals surface area contributed by atoms with E-state index in [2.05, 4.69) is 30.4 Å². The van der Waals surface area contributed by atoms with Crippen LogP contribution in [0.4, 0.5) is 0 Å². The Balaban J connectivity index is 1.72. The molecule has 2 aliphatic heterocycles. The molecule has 4 heteroatoms. The largest absolute Gasteiger partial charge is 0.362 e. The van der Waals surface area contributed by atoms with Crippen LogP contribution >= 0.6 is 0 Å². The Bertz CT molecular complexity index is 495. The standard InChI is InChI=1S/C16H22N2O2/c1-13-4-2-5-14(8-13)9-18-12-16(20-10-15(18)19)6-3-7-17-11-16/h2,4-5,8,17H,3,6-7,9-12H2,1H3. The van der Waals surface area contributed by atoms with Crippen LogP contribution in [0, 0.1) is 6.92 Å². The molecular formula is C16H22N2O2. The van der Waals surface area contributed by atoms with Gasteiger partial charge in [-0.3, -0.25) is 4.79 Å². The first-order valence-corrected chi connectivity index (χ1v) is 7.35. The number of benzene rings is 1. The van der Waals surface area contributed by atoms with Crippen molar-refractivity contribution >= 4 is 5.91 Å². The molecule has 2 fully saturated rings. The van der Waals surface area contributed by atoms with Crippen LogP contribution in [0.2, 0.25) is 0 Å². The van der Waals surface area contributed by atoms with Crippen molar-refractivity contribution in [3.63, 3.8) is 0 Å². The van der Waals surface area contributed by atoms with Gasteiger partial charge in [0.1, 0.15) is 6.61 Å². The summed E-state index contributed by atoms with van der Waals surface area (Å²) in [6.45, 7) is 5.59. The summed E-state index contributed by atoms with van der Waals surface area (Å²) >= 11 is 0. The van der Waals surface area contributed by atoms with Crippen LogP contribution in [0.3, 0.4) is 0 Å². The van der Waals surface area contributed by atoms with Crippen LogP contribution in [0.25, 0.3) is 0 Å². The molecule has 1 spiro atoms. The minimum absolute atomic E-state index is 0.0997. The van der Waals surface area contributed by atoms with Crippen LogP contribution < -0.4 is 5.32 Å². The smallest absolute Gasteiger partial charge is 0.249 e. The summed E-state index contributed by atoms with van der Waals surface area (Å²) in [5.74, 6) is 0.0997. The number of ether oxygens (including phenoxy) is 1. The number of carbonyl (C=O) groups is 1. The van der Waals surface area contributed by atoms with Crippen molar-refractivity contribution in [3.8, 4) is 0 Å². The van der Waals surface area contributed by atoms with E-state index in [1.54, 1.807) is 0 Å². The van der Waals surface area contributed by atoms with Crippen LogP contribution in [-0.2, 0) is 16.1 Å². The summed E-state index contributed by atoms with van der Waals surface area (Å²) in [4.78, 5) is 14.0. The van der Waals surface area contributed by atoms with E-state index >= 15 is 0 Å². The molecule has 4 nitrogen and oxygen atoms in total. The fourth-order valence-electron chi connectivity index (χ4n) is 3.16. The molecule has 0 bridgehead atoms. The van der Waals surface area contributed by atoms with Gasteiger partial charge in [-0.25, -0.2) is 0 Å². The normalized spacial score (nSPS) is 27.1. The van der Waals surface area contributed by atoms with Crippen molar-refractivity contribution < 1.29 is 9.53 Å². The van der Waals surface area contributed by atoms with Crippen LogP contribution in [0.5, 0.6) is 0 Å². The quantitative estimate of drug-likeness (QED) is 0.888. The Morgan fingerprint density at radius 3 is 3.10 bits per heavy atom. The molecule has 20 heavy (non-hydrogen) atoms. The Morgan fingerprint density at radius 2 is 2.35 bits per heavy atom. The van der Waals surface area contributed by atoms with Crippen molar-refractivity contribution in [3.05, 3.63) is 35.4 Å². The second-order valence-corrected chi connectivity index (χ2v) is 5.99. The molecule has 0 aliphatic carbocycles. The highest BCUT2D eigenvalue weighted by atomic mass is 16.5. The monoisotopic (exact) mass is 274 g/mol. The minimum Gasteiger partial charge on any atom is -0.362 e. The number of hydrogen-bond donors (Lipinski definition) is 1. The Hall–Kier alpha value is -1.39. The van der Waals surface area contributed by atoms with Crippen molar-refractivity contribution in [2.45, 2.75) is 31.9 Å². The van der Waals surface area contributed by atoms with Gasteiger partial charge >= 0.3 is 0 Å². The van der Waals surface area contributed by atoms with E-state index in [0.717, 1.165) is 25.9 Å². The average molecular weight is 274 g/mol. The van der Waals surface area contributed by atoms with E-state index in [1.807, 2.05) is 11.0 Å². The molecule has 1 amide bonds. The highest BCUT2D eigenvalue weighted by Crippen LogP contribution is 2.27. The Labute approximate surface area is 120 Å². The summed E-state index contributed by atoms with van der Waals surface area (Å²) in [6, 6.07) is 8.36. The zero-order chi connectivity index (χ0) is 14.0. The fourth-order valence-corrected chi connectivity index (χ4v) is 3.16. The van der Waals surface area contributed by atoms with E-state index < -0.39 is 0 Å². The van der Waals surface area contributed by atoms with Gasteiger partial charge in [-0.2, -0.15) is 0 Å². The lowest BCUT2D eigenvalue weighted by Gasteiger charge is -2.44. The topological polar surface area (TPSA) is 41.6 Å².